The molecule has 0 bridgehead atoms. The highest BCUT2D eigenvalue weighted by Gasteiger charge is 2.16. The zero-order valence-electron chi connectivity index (χ0n) is 23.5. The second kappa shape index (κ2) is 25.9. The summed E-state index contributed by atoms with van der Waals surface area (Å²) in [7, 11) is 4.92. The number of ether oxygens (including phenoxy) is 3. The molecule has 0 aromatic heterocycles. The Kier molecular flexibility index (Phi) is 24.7. The molecule has 0 fully saturated rings. The summed E-state index contributed by atoms with van der Waals surface area (Å²) in [5.74, 6) is 0.0460. The van der Waals surface area contributed by atoms with Crippen LogP contribution in [0.1, 0.15) is 83.5 Å². The van der Waals surface area contributed by atoms with Crippen LogP contribution in [0.25, 0.3) is 0 Å². The molecule has 37 heavy (non-hydrogen) atoms. The largest absolute Gasteiger partial charge is 0.396 e. The third-order valence-corrected chi connectivity index (χ3v) is 6.12. The maximum atomic E-state index is 12.5. The second-order valence-corrected chi connectivity index (χ2v) is 9.56. The predicted molar refractivity (Wildman–Crippen MR) is 144 cm³/mol. The van der Waals surface area contributed by atoms with Gasteiger partial charge in [0.15, 0.2) is 0 Å². The molecule has 10 heteroatoms. The fraction of sp³-hybridized carbons (Fsp3) is 0.889. The Balaban J connectivity index is 4.37. The van der Waals surface area contributed by atoms with Crippen molar-refractivity contribution in [3.63, 3.8) is 0 Å². The van der Waals surface area contributed by atoms with Crippen LogP contribution in [0.2, 0.25) is 0 Å². The van der Waals surface area contributed by atoms with Crippen molar-refractivity contribution >= 4 is 17.7 Å². The third kappa shape index (κ3) is 23.1. The molecule has 0 aliphatic heterocycles. The first kappa shape index (κ1) is 35.2. The van der Waals surface area contributed by atoms with Crippen molar-refractivity contribution in [2.45, 2.75) is 89.5 Å². The predicted octanol–water partition coefficient (Wildman–Crippen LogP) is 2.32. The quantitative estimate of drug-likeness (QED) is 0.126. The lowest BCUT2D eigenvalue weighted by molar-refractivity contribution is -0.124. The van der Waals surface area contributed by atoms with Gasteiger partial charge in [0.2, 0.25) is 17.7 Å². The molecule has 0 heterocycles. The second-order valence-electron chi connectivity index (χ2n) is 9.56. The monoisotopic (exact) mass is 531 g/mol. The Morgan fingerprint density at radius 2 is 1.24 bits per heavy atom. The summed E-state index contributed by atoms with van der Waals surface area (Å²) in [5.41, 5.74) is 0. The number of hydrogen-bond acceptors (Lipinski definition) is 7. The number of amides is 3. The van der Waals surface area contributed by atoms with Gasteiger partial charge in [0.05, 0.1) is 6.61 Å². The van der Waals surface area contributed by atoms with Gasteiger partial charge < -0.3 is 35.3 Å². The van der Waals surface area contributed by atoms with E-state index in [4.69, 9.17) is 14.2 Å². The fourth-order valence-corrected chi connectivity index (χ4v) is 3.97. The SMILES string of the molecule is COCCCCC(=O)NCCCCC(CC(=O)NCCCCC(CO)COC)NC(=O)CCCCOC. The molecule has 218 valence electrons. The molecule has 10 nitrogen and oxygen atoms in total. The Labute approximate surface area is 223 Å². The normalized spacial score (nSPS) is 12.6. The van der Waals surface area contributed by atoms with Gasteiger partial charge in [-0.15, -0.1) is 0 Å². The van der Waals surface area contributed by atoms with E-state index >= 15 is 0 Å². The first-order chi connectivity index (χ1) is 18.0. The molecule has 0 radical (unpaired) electrons. The van der Waals surface area contributed by atoms with Crippen molar-refractivity contribution < 1.29 is 33.7 Å². The van der Waals surface area contributed by atoms with Crippen molar-refractivity contribution in [1.82, 2.24) is 16.0 Å². The van der Waals surface area contributed by atoms with E-state index < -0.39 is 0 Å². The van der Waals surface area contributed by atoms with Crippen molar-refractivity contribution in [1.29, 1.82) is 0 Å². The zero-order valence-corrected chi connectivity index (χ0v) is 23.5. The minimum absolute atomic E-state index is 0.0453. The van der Waals surface area contributed by atoms with Gasteiger partial charge in [-0.2, -0.15) is 0 Å². The van der Waals surface area contributed by atoms with Crippen LogP contribution in [0.5, 0.6) is 0 Å². The molecule has 2 atom stereocenters. The van der Waals surface area contributed by atoms with E-state index in [1.165, 1.54) is 0 Å². The third-order valence-electron chi connectivity index (χ3n) is 6.12. The van der Waals surface area contributed by atoms with Gasteiger partial charge in [0.1, 0.15) is 0 Å². The number of hydrogen-bond donors (Lipinski definition) is 4. The van der Waals surface area contributed by atoms with Gasteiger partial charge in [-0.1, -0.05) is 6.42 Å². The van der Waals surface area contributed by atoms with Gasteiger partial charge in [-0.3, -0.25) is 14.4 Å². The lowest BCUT2D eigenvalue weighted by Gasteiger charge is -2.19. The van der Waals surface area contributed by atoms with E-state index in [9.17, 15) is 19.5 Å². The lowest BCUT2D eigenvalue weighted by atomic mass is 10.0. The van der Waals surface area contributed by atoms with Gasteiger partial charge in [0, 0.05) is 85.5 Å². The molecule has 0 aromatic rings. The number of aliphatic hydroxyl groups excluding tert-OH is 1. The van der Waals surface area contributed by atoms with Crippen LogP contribution in [-0.2, 0) is 28.6 Å². The number of methoxy groups -OCH3 is 3. The summed E-state index contributed by atoms with van der Waals surface area (Å²) in [6.45, 7) is 3.09. The summed E-state index contributed by atoms with van der Waals surface area (Å²) >= 11 is 0. The minimum atomic E-state index is -0.236. The number of carbonyl (C=O) groups excluding carboxylic acids is 3. The Morgan fingerprint density at radius 3 is 1.81 bits per heavy atom. The molecule has 0 aliphatic rings. The highest BCUT2D eigenvalue weighted by molar-refractivity contribution is 5.79. The fourth-order valence-electron chi connectivity index (χ4n) is 3.97. The number of nitrogens with one attached hydrogen (secondary N) is 3. The molecular weight excluding hydrogens is 478 g/mol. The minimum Gasteiger partial charge on any atom is -0.396 e. The van der Waals surface area contributed by atoms with Crippen LogP contribution < -0.4 is 16.0 Å². The molecule has 0 saturated carbocycles. The van der Waals surface area contributed by atoms with Crippen LogP contribution in [-0.4, -0.2) is 89.7 Å². The maximum absolute atomic E-state index is 12.5. The Morgan fingerprint density at radius 1 is 0.676 bits per heavy atom. The molecular formula is C27H53N3O7. The molecule has 3 amide bonds. The highest BCUT2D eigenvalue weighted by Crippen LogP contribution is 2.09. The van der Waals surface area contributed by atoms with E-state index in [2.05, 4.69) is 16.0 Å². The summed E-state index contributed by atoms with van der Waals surface area (Å²) in [6.07, 6.45) is 9.23. The van der Waals surface area contributed by atoms with Crippen LogP contribution in [0, 0.1) is 5.92 Å². The number of rotatable bonds is 26. The van der Waals surface area contributed by atoms with E-state index in [-0.39, 0.29) is 42.7 Å². The van der Waals surface area contributed by atoms with E-state index in [1.807, 2.05) is 0 Å². The molecule has 4 N–H and O–H groups in total. The van der Waals surface area contributed by atoms with Gasteiger partial charge in [-0.25, -0.2) is 0 Å². The molecule has 0 saturated heterocycles. The van der Waals surface area contributed by atoms with Crippen molar-refractivity contribution in [3.05, 3.63) is 0 Å². The summed E-state index contributed by atoms with van der Waals surface area (Å²) in [4.78, 5) is 36.8. The van der Waals surface area contributed by atoms with Crippen LogP contribution in [0.15, 0.2) is 0 Å². The zero-order chi connectivity index (χ0) is 27.6. The molecule has 0 spiro atoms. The maximum Gasteiger partial charge on any atom is 0.222 e. The average molecular weight is 532 g/mol. The Bertz CT molecular complexity index is 578. The van der Waals surface area contributed by atoms with Crippen molar-refractivity contribution in [2.24, 2.45) is 5.92 Å². The molecule has 0 aliphatic carbocycles. The number of unbranched alkanes of at least 4 members (excludes halogenated alkanes) is 4. The summed E-state index contributed by atoms with van der Waals surface area (Å²) < 4.78 is 15.1. The highest BCUT2D eigenvalue weighted by atomic mass is 16.5. The summed E-state index contributed by atoms with van der Waals surface area (Å²) in [6, 6.07) is -0.236. The molecule has 0 aromatic carbocycles. The van der Waals surface area contributed by atoms with Gasteiger partial charge in [0.25, 0.3) is 0 Å². The van der Waals surface area contributed by atoms with Gasteiger partial charge in [-0.05, 0) is 57.8 Å². The van der Waals surface area contributed by atoms with Crippen molar-refractivity contribution in [2.75, 3.05) is 60.8 Å². The van der Waals surface area contributed by atoms with E-state index in [0.717, 1.165) is 57.8 Å². The van der Waals surface area contributed by atoms with Crippen molar-refractivity contribution in [3.8, 4) is 0 Å². The van der Waals surface area contributed by atoms with E-state index in [1.54, 1.807) is 21.3 Å². The van der Waals surface area contributed by atoms with Crippen LogP contribution in [0.3, 0.4) is 0 Å². The average Bonchev–Trinajstić information content (AvgIpc) is 2.88. The van der Waals surface area contributed by atoms with E-state index in [0.29, 0.717) is 52.2 Å². The standard InChI is InChI=1S/C27H53N3O7/c1-35-18-10-6-14-25(32)28-16-9-5-13-24(30-26(33)15-7-11-19-36-2)20-27(34)29-17-8-4-12-23(21-31)22-37-3/h23-24,31H,4-22H2,1-3H3,(H,28,32)(H,29,34)(H,30,33). The van der Waals surface area contributed by atoms with Gasteiger partial charge >= 0.3 is 0 Å². The number of carbonyl (C=O) groups is 3. The smallest absolute Gasteiger partial charge is 0.222 e. The first-order valence-corrected chi connectivity index (χ1v) is 13.9. The van der Waals surface area contributed by atoms with Crippen LogP contribution in [0.4, 0.5) is 0 Å². The molecule has 0 rings (SSSR count). The molecule has 2 unspecified atom stereocenters. The van der Waals surface area contributed by atoms with Crippen LogP contribution >= 0.6 is 0 Å². The lowest BCUT2D eigenvalue weighted by Crippen LogP contribution is -2.39. The Hall–Kier alpha value is -1.75. The number of aliphatic hydroxyl groups is 1. The summed E-state index contributed by atoms with van der Waals surface area (Å²) in [5, 5.41) is 18.2. The topological polar surface area (TPSA) is 135 Å². The first-order valence-electron chi connectivity index (χ1n) is 13.9.